The van der Waals surface area contributed by atoms with Gasteiger partial charge in [0.2, 0.25) is 6.79 Å². The van der Waals surface area contributed by atoms with E-state index in [2.05, 4.69) is 20.5 Å². The number of ether oxygens (including phenoxy) is 2. The van der Waals surface area contributed by atoms with Crippen LogP contribution >= 0.6 is 0 Å². The minimum atomic E-state index is -0.330. The lowest BCUT2D eigenvalue weighted by Gasteiger charge is -2.31. The number of nitrogens with one attached hydrogen (secondary N) is 3. The minimum absolute atomic E-state index is 0.0181. The lowest BCUT2D eigenvalue weighted by molar-refractivity contribution is 0.174. The van der Waals surface area contributed by atoms with Gasteiger partial charge in [-0.15, -0.1) is 0 Å². The van der Waals surface area contributed by atoms with Crippen molar-refractivity contribution >= 4 is 11.7 Å². The van der Waals surface area contributed by atoms with Gasteiger partial charge >= 0.3 is 11.7 Å². The molecule has 24 heavy (non-hydrogen) atoms. The Morgan fingerprint density at radius 3 is 3.12 bits per heavy atom. The van der Waals surface area contributed by atoms with E-state index in [-0.39, 0.29) is 24.4 Å². The standard InChI is InChI=1S/C15H17N5O4/c21-14-17-13(18-19-14)9-3-2-6-20(7-9)15(22)16-10-4-1-5-11-12(10)24-8-23-11/h1,4-5,9H,2-3,6-8H2,(H,16,22)(H2,17,18,19,21)/t9-/m0/s1. The van der Waals surface area contributed by atoms with Crippen LogP contribution in [0.4, 0.5) is 10.5 Å². The maximum Gasteiger partial charge on any atom is 0.340 e. The Bertz CT molecular complexity index is 814. The van der Waals surface area contributed by atoms with Crippen molar-refractivity contribution in [2.75, 3.05) is 25.2 Å². The second-order valence-electron chi connectivity index (χ2n) is 5.82. The molecule has 2 aromatic rings. The first-order valence-electron chi connectivity index (χ1n) is 7.80. The lowest BCUT2D eigenvalue weighted by atomic mass is 9.98. The van der Waals surface area contributed by atoms with Crippen molar-refractivity contribution in [3.8, 4) is 11.5 Å². The van der Waals surface area contributed by atoms with Crippen LogP contribution in [0.2, 0.25) is 0 Å². The van der Waals surface area contributed by atoms with Gasteiger partial charge in [-0.2, -0.15) is 5.10 Å². The molecule has 2 aliphatic heterocycles. The van der Waals surface area contributed by atoms with E-state index in [1.165, 1.54) is 0 Å². The van der Waals surface area contributed by atoms with Gasteiger partial charge in [0, 0.05) is 19.0 Å². The number of aromatic nitrogens is 3. The number of urea groups is 1. The summed E-state index contributed by atoms with van der Waals surface area (Å²) in [5.41, 5.74) is 0.258. The molecule has 3 heterocycles. The van der Waals surface area contributed by atoms with Crippen LogP contribution in [-0.2, 0) is 0 Å². The molecule has 1 saturated heterocycles. The summed E-state index contributed by atoms with van der Waals surface area (Å²) in [6, 6.07) is 5.17. The molecule has 9 nitrogen and oxygen atoms in total. The van der Waals surface area contributed by atoms with Crippen LogP contribution in [0.15, 0.2) is 23.0 Å². The van der Waals surface area contributed by atoms with Gasteiger partial charge in [0.1, 0.15) is 5.82 Å². The van der Waals surface area contributed by atoms with E-state index in [1.54, 1.807) is 23.1 Å². The van der Waals surface area contributed by atoms with Crippen molar-refractivity contribution in [1.29, 1.82) is 0 Å². The number of nitrogens with zero attached hydrogens (tertiary/aromatic N) is 2. The van der Waals surface area contributed by atoms with Gasteiger partial charge < -0.3 is 19.7 Å². The van der Waals surface area contributed by atoms with Crippen molar-refractivity contribution < 1.29 is 14.3 Å². The molecule has 126 valence electrons. The molecular formula is C15H17N5O4. The zero-order valence-corrected chi connectivity index (χ0v) is 12.9. The summed E-state index contributed by atoms with van der Waals surface area (Å²) >= 11 is 0. The number of likely N-dealkylation sites (tertiary alicyclic amines) is 1. The van der Waals surface area contributed by atoms with Gasteiger partial charge in [0.15, 0.2) is 11.5 Å². The van der Waals surface area contributed by atoms with Crippen molar-refractivity contribution in [1.82, 2.24) is 20.1 Å². The van der Waals surface area contributed by atoms with Crippen LogP contribution in [-0.4, -0.2) is 46.0 Å². The largest absolute Gasteiger partial charge is 0.454 e. The maximum absolute atomic E-state index is 12.6. The number of para-hydroxylation sites is 1. The third kappa shape index (κ3) is 2.68. The molecule has 0 aliphatic carbocycles. The van der Waals surface area contributed by atoms with Crippen molar-refractivity contribution in [3.05, 3.63) is 34.5 Å². The number of aromatic amines is 2. The zero-order valence-electron chi connectivity index (χ0n) is 12.9. The summed E-state index contributed by atoms with van der Waals surface area (Å²) in [6.45, 7) is 1.31. The molecular weight excluding hydrogens is 314 g/mol. The van der Waals surface area contributed by atoms with E-state index in [9.17, 15) is 9.59 Å². The van der Waals surface area contributed by atoms with E-state index < -0.39 is 0 Å². The van der Waals surface area contributed by atoms with E-state index in [1.807, 2.05) is 0 Å². The monoisotopic (exact) mass is 331 g/mol. The number of hydrogen-bond donors (Lipinski definition) is 3. The number of anilines is 1. The topological polar surface area (TPSA) is 112 Å². The number of carbonyl (C=O) groups excluding carboxylic acids is 1. The summed E-state index contributed by atoms with van der Waals surface area (Å²) < 4.78 is 10.7. The molecule has 3 N–H and O–H groups in total. The Balaban J connectivity index is 1.46. The number of piperidine rings is 1. The first-order chi connectivity index (χ1) is 11.7. The highest BCUT2D eigenvalue weighted by molar-refractivity contribution is 5.91. The maximum atomic E-state index is 12.6. The first-order valence-corrected chi connectivity index (χ1v) is 7.80. The van der Waals surface area contributed by atoms with Gasteiger partial charge in [0.25, 0.3) is 0 Å². The Kier molecular flexibility index (Phi) is 3.60. The van der Waals surface area contributed by atoms with E-state index in [4.69, 9.17) is 9.47 Å². The number of fused-ring (bicyclic) bond motifs is 1. The average Bonchev–Trinajstić information content (AvgIpc) is 3.24. The lowest BCUT2D eigenvalue weighted by Crippen LogP contribution is -2.41. The fourth-order valence-electron chi connectivity index (χ4n) is 3.08. The number of carbonyl (C=O) groups is 1. The van der Waals surface area contributed by atoms with E-state index in [0.717, 1.165) is 12.8 Å². The van der Waals surface area contributed by atoms with Gasteiger partial charge in [-0.25, -0.2) is 14.7 Å². The molecule has 0 bridgehead atoms. The predicted molar refractivity (Wildman–Crippen MR) is 84.3 cm³/mol. The minimum Gasteiger partial charge on any atom is -0.454 e. The summed E-state index contributed by atoms with van der Waals surface area (Å²) in [4.78, 5) is 28.2. The molecule has 1 atom stereocenters. The number of hydrogen-bond acceptors (Lipinski definition) is 5. The number of rotatable bonds is 2. The van der Waals surface area contributed by atoms with Crippen molar-refractivity contribution in [2.45, 2.75) is 18.8 Å². The molecule has 1 aromatic heterocycles. The van der Waals surface area contributed by atoms with Gasteiger partial charge in [-0.1, -0.05) is 6.07 Å². The molecule has 4 rings (SSSR count). The van der Waals surface area contributed by atoms with Crippen molar-refractivity contribution in [3.63, 3.8) is 0 Å². The Morgan fingerprint density at radius 2 is 2.29 bits per heavy atom. The fourth-order valence-corrected chi connectivity index (χ4v) is 3.08. The molecule has 0 spiro atoms. The Morgan fingerprint density at radius 1 is 1.38 bits per heavy atom. The fraction of sp³-hybridized carbons (Fsp3) is 0.400. The third-order valence-corrected chi connectivity index (χ3v) is 4.25. The summed E-state index contributed by atoms with van der Waals surface area (Å²) in [7, 11) is 0. The van der Waals surface area contributed by atoms with Crippen LogP contribution in [0.25, 0.3) is 0 Å². The van der Waals surface area contributed by atoms with Gasteiger partial charge in [-0.3, -0.25) is 4.98 Å². The van der Waals surface area contributed by atoms with Gasteiger partial charge in [0.05, 0.1) is 5.69 Å². The zero-order chi connectivity index (χ0) is 16.5. The SMILES string of the molecule is O=C(Nc1cccc2c1OCO2)N1CCC[C@H](c2n[nH]c(=O)[nH]2)C1. The molecule has 1 aromatic carbocycles. The first kappa shape index (κ1) is 14.6. The summed E-state index contributed by atoms with van der Waals surface area (Å²) in [6.07, 6.45) is 1.72. The molecule has 0 unspecified atom stereocenters. The van der Waals surface area contributed by atoms with Crippen molar-refractivity contribution in [2.24, 2.45) is 0 Å². The molecule has 9 heteroatoms. The van der Waals surface area contributed by atoms with E-state index in [0.29, 0.717) is 36.1 Å². The quantitative estimate of drug-likeness (QED) is 0.766. The highest BCUT2D eigenvalue weighted by Gasteiger charge is 2.28. The van der Waals surface area contributed by atoms with Crippen LogP contribution in [0.3, 0.4) is 0 Å². The highest BCUT2D eigenvalue weighted by Crippen LogP contribution is 2.39. The molecule has 2 aliphatic rings. The van der Waals surface area contributed by atoms with Crippen LogP contribution in [0.1, 0.15) is 24.6 Å². The summed E-state index contributed by atoms with van der Waals surface area (Å²) in [5.74, 6) is 1.79. The number of benzene rings is 1. The Labute approximate surface area is 137 Å². The second-order valence-corrected chi connectivity index (χ2v) is 5.82. The molecule has 0 saturated carbocycles. The highest BCUT2D eigenvalue weighted by atomic mass is 16.7. The van der Waals surface area contributed by atoms with Crippen LogP contribution < -0.4 is 20.5 Å². The predicted octanol–water partition coefficient (Wildman–Crippen LogP) is 1.24. The number of amides is 2. The Hall–Kier alpha value is -2.97. The molecule has 2 amide bonds. The van der Waals surface area contributed by atoms with Crippen LogP contribution in [0.5, 0.6) is 11.5 Å². The number of H-pyrrole nitrogens is 2. The molecule has 0 radical (unpaired) electrons. The van der Waals surface area contributed by atoms with Gasteiger partial charge in [-0.05, 0) is 25.0 Å². The summed E-state index contributed by atoms with van der Waals surface area (Å²) in [5, 5.41) is 9.22. The molecule has 1 fully saturated rings. The average molecular weight is 331 g/mol. The second kappa shape index (κ2) is 5.91. The van der Waals surface area contributed by atoms with E-state index >= 15 is 0 Å². The third-order valence-electron chi connectivity index (χ3n) is 4.25. The van der Waals surface area contributed by atoms with Crippen LogP contribution in [0, 0.1) is 0 Å². The smallest absolute Gasteiger partial charge is 0.340 e. The normalized spacial score (nSPS) is 19.3.